The molecule has 2 atom stereocenters. The smallest absolute Gasteiger partial charge is 0.361 e. The van der Waals surface area contributed by atoms with E-state index in [9.17, 15) is 19.5 Å². The first-order valence-electron chi connectivity index (χ1n) is 34.7. The molecule has 0 heterocycles. The van der Waals surface area contributed by atoms with Crippen molar-refractivity contribution in [3.63, 3.8) is 0 Å². The van der Waals surface area contributed by atoms with Gasteiger partial charge in [0.05, 0.1) is 34.4 Å². The van der Waals surface area contributed by atoms with Crippen molar-refractivity contribution in [1.29, 1.82) is 0 Å². The number of likely N-dealkylation sites (N-methyl/N-ethyl adjacent to an activating group) is 1. The van der Waals surface area contributed by atoms with Gasteiger partial charge in [0.15, 0.2) is 6.10 Å². The number of carbonyl (C=O) groups excluding carboxylic acids is 2. The number of carbonyl (C=O) groups is 3. The second kappa shape index (κ2) is 62.6. The molecule has 0 amide bonds. The van der Waals surface area contributed by atoms with Crippen LogP contribution in [0.25, 0.3) is 0 Å². The molecule has 0 aliphatic heterocycles. The fourth-order valence-electron chi connectivity index (χ4n) is 10.3. The number of ether oxygens (including phenoxy) is 4. The molecule has 0 rings (SSSR count). The van der Waals surface area contributed by atoms with Gasteiger partial charge in [-0.3, -0.25) is 9.59 Å². The first kappa shape index (κ1) is 77.5. The van der Waals surface area contributed by atoms with Crippen LogP contribution in [0.15, 0.2) is 36.5 Å². The minimum absolute atomic E-state index is 0.184. The summed E-state index contributed by atoms with van der Waals surface area (Å²) in [5, 5.41) is 9.73. The van der Waals surface area contributed by atoms with Crippen LogP contribution in [0.4, 0.5) is 0 Å². The Bertz CT molecular complexity index is 1410. The Hall–Kier alpha value is -2.49. The number of esters is 2. The summed E-state index contributed by atoms with van der Waals surface area (Å²) in [6, 6.07) is 0. The zero-order valence-corrected chi connectivity index (χ0v) is 53.8. The molecule has 0 aromatic heterocycles. The predicted octanol–water partition coefficient (Wildman–Crippen LogP) is 21.2. The van der Waals surface area contributed by atoms with Gasteiger partial charge in [-0.05, 0) is 51.4 Å². The quantitative estimate of drug-likeness (QED) is 0.0211. The maximum Gasteiger partial charge on any atom is 0.361 e. The SMILES string of the molecule is CCCCCCC/C=C\C/C=C\C/C=C\CCCCCCCCC(=O)OC(COC(=O)CCCCCCCCCCCCCCCCCCCCCCCCCCCCCCCCCCCC)COC(OCC[N+](C)(C)C)C(=O)O. The summed E-state index contributed by atoms with van der Waals surface area (Å²) in [6.07, 6.45) is 75.6. The molecule has 80 heavy (non-hydrogen) atoms. The van der Waals surface area contributed by atoms with E-state index in [1.54, 1.807) is 0 Å². The van der Waals surface area contributed by atoms with Crippen LogP contribution >= 0.6 is 0 Å². The summed E-state index contributed by atoms with van der Waals surface area (Å²) >= 11 is 0. The third-order valence-corrected chi connectivity index (χ3v) is 15.6. The van der Waals surface area contributed by atoms with Gasteiger partial charge in [-0.25, -0.2) is 4.79 Å². The molecule has 0 radical (unpaired) electrons. The molecule has 0 aliphatic carbocycles. The normalized spacial score (nSPS) is 12.9. The Kier molecular flexibility index (Phi) is 60.6. The van der Waals surface area contributed by atoms with E-state index >= 15 is 0 Å². The summed E-state index contributed by atoms with van der Waals surface area (Å²) in [5.74, 6) is -2.00. The van der Waals surface area contributed by atoms with E-state index < -0.39 is 24.3 Å². The molecule has 0 saturated heterocycles. The van der Waals surface area contributed by atoms with E-state index in [4.69, 9.17) is 18.9 Å². The van der Waals surface area contributed by atoms with E-state index in [1.807, 2.05) is 21.1 Å². The Morgan fingerprint density at radius 2 is 0.675 bits per heavy atom. The number of carboxylic acids is 1. The standard InChI is InChI=1S/C71H133NO8/c1-6-8-10-12-14-16-18-20-22-24-26-28-29-30-31-32-33-34-35-36-37-38-39-40-42-43-45-47-49-51-53-55-57-59-61-68(73)78-65-67(66-79-71(70(75)76)77-64-63-72(3,4)5)80-69(74)62-60-58-56-54-52-50-48-46-44-41-27-25-23-21-19-17-15-13-11-9-7-2/h19,21,25,27,44,46,67,71H,6-18,20,22-24,26,28-43,45,47-66H2,1-5H3/p+1/b21-19-,27-25-,46-44-. The van der Waals surface area contributed by atoms with E-state index in [0.717, 1.165) is 57.8 Å². The van der Waals surface area contributed by atoms with E-state index in [-0.39, 0.29) is 32.2 Å². The van der Waals surface area contributed by atoms with Crippen LogP contribution < -0.4 is 0 Å². The lowest BCUT2D eigenvalue weighted by Crippen LogP contribution is -2.40. The van der Waals surface area contributed by atoms with Gasteiger partial charge >= 0.3 is 17.9 Å². The van der Waals surface area contributed by atoms with Crippen molar-refractivity contribution in [3.05, 3.63) is 36.5 Å². The van der Waals surface area contributed by atoms with Gasteiger partial charge < -0.3 is 28.5 Å². The van der Waals surface area contributed by atoms with Crippen LogP contribution in [0.3, 0.4) is 0 Å². The van der Waals surface area contributed by atoms with Crippen molar-refractivity contribution >= 4 is 17.9 Å². The van der Waals surface area contributed by atoms with Crippen LogP contribution in [0.2, 0.25) is 0 Å². The van der Waals surface area contributed by atoms with Crippen molar-refractivity contribution in [2.45, 2.75) is 354 Å². The van der Waals surface area contributed by atoms with Crippen molar-refractivity contribution in [1.82, 2.24) is 0 Å². The van der Waals surface area contributed by atoms with Crippen molar-refractivity contribution in [3.8, 4) is 0 Å². The van der Waals surface area contributed by atoms with Crippen LogP contribution in [-0.2, 0) is 33.3 Å². The van der Waals surface area contributed by atoms with Gasteiger partial charge in [0.2, 0.25) is 0 Å². The largest absolute Gasteiger partial charge is 0.477 e. The molecule has 9 nitrogen and oxygen atoms in total. The first-order valence-corrected chi connectivity index (χ1v) is 34.7. The molecule has 0 fully saturated rings. The first-order chi connectivity index (χ1) is 39.1. The number of aliphatic carboxylic acids is 1. The van der Waals surface area contributed by atoms with Crippen molar-refractivity contribution in [2.24, 2.45) is 0 Å². The number of nitrogens with zero attached hydrogens (tertiary/aromatic N) is 1. The maximum absolute atomic E-state index is 12.9. The van der Waals surface area contributed by atoms with Gasteiger partial charge in [-0.2, -0.15) is 0 Å². The summed E-state index contributed by atoms with van der Waals surface area (Å²) in [7, 11) is 5.98. The number of carboxylic acid groups (broad SMARTS) is 1. The van der Waals surface area contributed by atoms with E-state index in [0.29, 0.717) is 23.9 Å². The maximum atomic E-state index is 12.9. The van der Waals surface area contributed by atoms with Crippen LogP contribution in [0.1, 0.15) is 341 Å². The molecule has 0 aromatic rings. The average molecular weight is 1130 g/mol. The van der Waals surface area contributed by atoms with Gasteiger partial charge in [0.1, 0.15) is 13.2 Å². The Morgan fingerprint density at radius 3 is 1.00 bits per heavy atom. The molecular weight excluding hydrogens is 995 g/mol. The summed E-state index contributed by atoms with van der Waals surface area (Å²) < 4.78 is 23.0. The second-order valence-corrected chi connectivity index (χ2v) is 24.8. The zero-order chi connectivity index (χ0) is 58.3. The molecule has 0 aromatic carbocycles. The molecule has 1 N–H and O–H groups in total. The van der Waals surface area contributed by atoms with E-state index in [2.05, 4.69) is 50.3 Å². The highest BCUT2D eigenvalue weighted by atomic mass is 16.7. The molecule has 0 bridgehead atoms. The number of hydrogen-bond acceptors (Lipinski definition) is 7. The fourth-order valence-corrected chi connectivity index (χ4v) is 10.3. The van der Waals surface area contributed by atoms with E-state index in [1.165, 1.54) is 250 Å². The fraction of sp³-hybridized carbons (Fsp3) is 0.873. The van der Waals surface area contributed by atoms with Gasteiger partial charge in [-0.15, -0.1) is 0 Å². The van der Waals surface area contributed by atoms with Crippen LogP contribution in [0, 0.1) is 0 Å². The Labute approximate surface area is 496 Å². The highest BCUT2D eigenvalue weighted by Gasteiger charge is 2.25. The average Bonchev–Trinajstić information content (AvgIpc) is 3.43. The lowest BCUT2D eigenvalue weighted by Gasteiger charge is -2.25. The van der Waals surface area contributed by atoms with Crippen molar-refractivity contribution < 1.29 is 42.9 Å². The highest BCUT2D eigenvalue weighted by molar-refractivity contribution is 5.71. The molecule has 0 aliphatic rings. The zero-order valence-electron chi connectivity index (χ0n) is 53.8. The third-order valence-electron chi connectivity index (χ3n) is 15.6. The summed E-state index contributed by atoms with van der Waals surface area (Å²) in [5.41, 5.74) is 0. The van der Waals surface area contributed by atoms with Crippen LogP contribution in [-0.4, -0.2) is 87.4 Å². The predicted molar refractivity (Wildman–Crippen MR) is 341 cm³/mol. The molecule has 2 unspecified atom stereocenters. The highest BCUT2D eigenvalue weighted by Crippen LogP contribution is 2.19. The van der Waals surface area contributed by atoms with Gasteiger partial charge in [0.25, 0.3) is 6.29 Å². The van der Waals surface area contributed by atoms with Gasteiger partial charge in [-0.1, -0.05) is 314 Å². The van der Waals surface area contributed by atoms with Gasteiger partial charge in [0, 0.05) is 12.8 Å². The minimum atomic E-state index is -1.51. The number of rotatable bonds is 65. The number of allylic oxidation sites excluding steroid dienone is 6. The number of unbranched alkanes of at least 4 members (excludes halogenated alkanes) is 44. The molecule has 9 heteroatoms. The Morgan fingerprint density at radius 1 is 0.375 bits per heavy atom. The molecular formula is C71H134NO8+. The summed E-state index contributed by atoms with van der Waals surface area (Å²) in [6.45, 7) is 4.91. The molecule has 0 spiro atoms. The minimum Gasteiger partial charge on any atom is -0.477 e. The Balaban J connectivity index is 4.04. The van der Waals surface area contributed by atoms with Crippen LogP contribution in [0.5, 0.6) is 0 Å². The second-order valence-electron chi connectivity index (χ2n) is 24.8. The number of quaternary nitrogens is 1. The third kappa shape index (κ3) is 63.1. The monoisotopic (exact) mass is 1130 g/mol. The summed E-state index contributed by atoms with van der Waals surface area (Å²) in [4.78, 5) is 37.6. The lowest BCUT2D eigenvalue weighted by atomic mass is 10.0. The topological polar surface area (TPSA) is 108 Å². The molecule has 0 saturated carbocycles. The molecule has 470 valence electrons. The van der Waals surface area contributed by atoms with Crippen molar-refractivity contribution in [2.75, 3.05) is 47.5 Å². The number of hydrogen-bond donors (Lipinski definition) is 1. The lowest BCUT2D eigenvalue weighted by molar-refractivity contribution is -0.870.